The Kier molecular flexibility index (Phi) is 12.3. The van der Waals surface area contributed by atoms with E-state index in [1.165, 1.54) is 77.0 Å². The largest absolute Gasteiger partial charge is 0.393 e. The van der Waals surface area contributed by atoms with E-state index in [0.29, 0.717) is 5.92 Å². The number of ether oxygens (including phenoxy) is 1. The molecule has 0 amide bonds. The molecule has 1 aliphatic carbocycles. The zero-order chi connectivity index (χ0) is 15.2. The minimum Gasteiger partial charge on any atom is -0.393 e. The highest BCUT2D eigenvalue weighted by molar-refractivity contribution is 4.75. The number of hydrogen-bond donors (Lipinski definition) is 1. The number of hydrogen-bond acceptors (Lipinski definition) is 2. The molecule has 1 aliphatic rings. The molecule has 0 heterocycles. The molecule has 2 nitrogen and oxygen atoms in total. The van der Waals surface area contributed by atoms with Gasteiger partial charge in [-0.05, 0) is 19.3 Å². The summed E-state index contributed by atoms with van der Waals surface area (Å²) in [6, 6.07) is 0. The molecule has 0 aromatic rings. The van der Waals surface area contributed by atoms with Gasteiger partial charge in [0.05, 0.1) is 12.7 Å². The van der Waals surface area contributed by atoms with E-state index in [9.17, 15) is 5.11 Å². The molecule has 0 aromatic carbocycles. The Labute approximate surface area is 132 Å². The van der Waals surface area contributed by atoms with Crippen molar-refractivity contribution in [3.8, 4) is 0 Å². The molecule has 0 saturated heterocycles. The van der Waals surface area contributed by atoms with Gasteiger partial charge in [0.15, 0.2) is 0 Å². The van der Waals surface area contributed by atoms with E-state index in [2.05, 4.69) is 6.92 Å². The number of aliphatic hydroxyl groups is 1. The number of rotatable bonds is 14. The monoisotopic (exact) mass is 298 g/mol. The molecule has 0 radical (unpaired) electrons. The van der Waals surface area contributed by atoms with Gasteiger partial charge < -0.3 is 9.84 Å². The van der Waals surface area contributed by atoms with E-state index >= 15 is 0 Å². The quantitative estimate of drug-likeness (QED) is 0.431. The van der Waals surface area contributed by atoms with Gasteiger partial charge in [0.25, 0.3) is 0 Å². The first kappa shape index (κ1) is 19.0. The van der Waals surface area contributed by atoms with E-state index in [4.69, 9.17) is 4.74 Å². The van der Waals surface area contributed by atoms with E-state index in [0.717, 1.165) is 26.1 Å². The van der Waals surface area contributed by atoms with Gasteiger partial charge >= 0.3 is 0 Å². The van der Waals surface area contributed by atoms with Crippen molar-refractivity contribution in [3.05, 3.63) is 0 Å². The van der Waals surface area contributed by atoms with Crippen molar-refractivity contribution < 1.29 is 9.84 Å². The second kappa shape index (κ2) is 13.6. The lowest BCUT2D eigenvalue weighted by Gasteiger charge is -2.14. The van der Waals surface area contributed by atoms with Gasteiger partial charge in [-0.1, -0.05) is 77.6 Å². The van der Waals surface area contributed by atoms with Crippen LogP contribution in [0, 0.1) is 5.92 Å². The number of unbranched alkanes of at least 4 members (excludes halogenated alkanes) is 10. The molecule has 21 heavy (non-hydrogen) atoms. The third kappa shape index (κ3) is 10.3. The normalized spacial score (nSPS) is 22.0. The highest BCUT2D eigenvalue weighted by atomic mass is 16.5. The third-order valence-electron chi connectivity index (χ3n) is 4.84. The topological polar surface area (TPSA) is 29.5 Å². The zero-order valence-corrected chi connectivity index (χ0v) is 14.3. The predicted molar refractivity (Wildman–Crippen MR) is 90.6 cm³/mol. The smallest absolute Gasteiger partial charge is 0.0590 e. The fraction of sp³-hybridized carbons (Fsp3) is 1.00. The first-order chi connectivity index (χ1) is 10.3. The average molecular weight is 299 g/mol. The molecule has 0 aromatic heterocycles. The average Bonchev–Trinajstić information content (AvgIpc) is 2.89. The molecular weight excluding hydrogens is 260 g/mol. The lowest BCUT2D eigenvalue weighted by Crippen LogP contribution is -2.19. The zero-order valence-electron chi connectivity index (χ0n) is 14.3. The van der Waals surface area contributed by atoms with Gasteiger partial charge in [-0.3, -0.25) is 0 Å². The molecule has 1 N–H and O–H groups in total. The van der Waals surface area contributed by atoms with Crippen molar-refractivity contribution in [3.63, 3.8) is 0 Å². The second-order valence-electron chi connectivity index (χ2n) is 6.87. The minimum absolute atomic E-state index is 0.0951. The van der Waals surface area contributed by atoms with Gasteiger partial charge in [0.1, 0.15) is 0 Å². The van der Waals surface area contributed by atoms with Crippen LogP contribution in [-0.2, 0) is 4.74 Å². The van der Waals surface area contributed by atoms with Crippen LogP contribution in [0.25, 0.3) is 0 Å². The van der Waals surface area contributed by atoms with E-state index in [1.807, 2.05) is 0 Å². The number of aliphatic hydroxyl groups excluding tert-OH is 1. The van der Waals surface area contributed by atoms with Crippen molar-refractivity contribution >= 4 is 0 Å². The maximum atomic E-state index is 9.70. The van der Waals surface area contributed by atoms with Crippen molar-refractivity contribution in [2.45, 2.75) is 103 Å². The van der Waals surface area contributed by atoms with Crippen molar-refractivity contribution in [2.24, 2.45) is 5.92 Å². The van der Waals surface area contributed by atoms with Crippen LogP contribution in [0.1, 0.15) is 96.8 Å². The maximum Gasteiger partial charge on any atom is 0.0590 e. The maximum absolute atomic E-state index is 9.70. The van der Waals surface area contributed by atoms with Crippen LogP contribution in [0.2, 0.25) is 0 Å². The van der Waals surface area contributed by atoms with Crippen LogP contribution in [0.15, 0.2) is 0 Å². The molecule has 1 fully saturated rings. The highest BCUT2D eigenvalue weighted by Gasteiger charge is 2.24. The molecule has 0 aliphatic heterocycles. The Morgan fingerprint density at radius 1 is 0.810 bits per heavy atom. The predicted octanol–water partition coefficient (Wildman–Crippen LogP) is 5.48. The summed E-state index contributed by atoms with van der Waals surface area (Å²) >= 11 is 0. The summed E-state index contributed by atoms with van der Waals surface area (Å²) in [6.07, 6.45) is 18.4. The van der Waals surface area contributed by atoms with Gasteiger partial charge in [-0.2, -0.15) is 0 Å². The van der Waals surface area contributed by atoms with Gasteiger partial charge in [-0.15, -0.1) is 0 Å². The van der Waals surface area contributed by atoms with Crippen LogP contribution in [0.4, 0.5) is 0 Å². The van der Waals surface area contributed by atoms with Crippen LogP contribution in [0.3, 0.4) is 0 Å². The first-order valence-electron chi connectivity index (χ1n) is 9.60. The Morgan fingerprint density at radius 3 is 1.90 bits per heavy atom. The molecule has 0 spiro atoms. The highest BCUT2D eigenvalue weighted by Crippen LogP contribution is 2.25. The van der Waals surface area contributed by atoms with Crippen molar-refractivity contribution in [1.29, 1.82) is 0 Å². The summed E-state index contributed by atoms with van der Waals surface area (Å²) in [7, 11) is 0. The molecule has 0 unspecified atom stereocenters. The molecular formula is C19H38O2. The summed E-state index contributed by atoms with van der Waals surface area (Å²) in [5, 5.41) is 9.70. The van der Waals surface area contributed by atoms with Crippen LogP contribution in [-0.4, -0.2) is 24.4 Å². The summed E-state index contributed by atoms with van der Waals surface area (Å²) in [5.41, 5.74) is 0. The summed E-state index contributed by atoms with van der Waals surface area (Å²) < 4.78 is 5.71. The summed E-state index contributed by atoms with van der Waals surface area (Å²) in [6.45, 7) is 3.94. The van der Waals surface area contributed by atoms with E-state index in [-0.39, 0.29) is 6.10 Å². The molecule has 0 bridgehead atoms. The first-order valence-corrected chi connectivity index (χ1v) is 9.60. The third-order valence-corrected chi connectivity index (χ3v) is 4.84. The fourth-order valence-electron chi connectivity index (χ4n) is 3.31. The lowest BCUT2D eigenvalue weighted by molar-refractivity contribution is 0.0428. The second-order valence-corrected chi connectivity index (χ2v) is 6.87. The van der Waals surface area contributed by atoms with Crippen molar-refractivity contribution in [2.75, 3.05) is 13.2 Å². The molecule has 126 valence electrons. The van der Waals surface area contributed by atoms with Crippen LogP contribution < -0.4 is 0 Å². The summed E-state index contributed by atoms with van der Waals surface area (Å²) in [4.78, 5) is 0. The van der Waals surface area contributed by atoms with Crippen molar-refractivity contribution in [1.82, 2.24) is 0 Å². The molecule has 1 saturated carbocycles. The molecule has 2 heteroatoms. The van der Waals surface area contributed by atoms with Gasteiger partial charge in [-0.25, -0.2) is 0 Å². The SMILES string of the molecule is CCCCCCCCCCCCCOC[C@@H]1CCC[C@H]1O. The van der Waals surface area contributed by atoms with E-state index < -0.39 is 0 Å². The molecule has 1 rings (SSSR count). The molecule has 2 atom stereocenters. The van der Waals surface area contributed by atoms with Crippen LogP contribution >= 0.6 is 0 Å². The fourth-order valence-corrected chi connectivity index (χ4v) is 3.31. The lowest BCUT2D eigenvalue weighted by atomic mass is 10.1. The van der Waals surface area contributed by atoms with E-state index in [1.54, 1.807) is 0 Å². The summed E-state index contributed by atoms with van der Waals surface area (Å²) in [5.74, 6) is 0.415. The Balaban J connectivity index is 1.71. The van der Waals surface area contributed by atoms with Crippen LogP contribution in [0.5, 0.6) is 0 Å². The Morgan fingerprint density at radius 2 is 1.38 bits per heavy atom. The Bertz CT molecular complexity index is 218. The standard InChI is InChI=1S/C19H38O2/c1-2-3-4-5-6-7-8-9-10-11-12-16-21-17-18-14-13-15-19(18)20/h18-20H,2-17H2,1H3/t18-,19+/m0/s1. The Hall–Kier alpha value is -0.0800. The van der Waals surface area contributed by atoms with Gasteiger partial charge in [0, 0.05) is 12.5 Å². The van der Waals surface area contributed by atoms with Gasteiger partial charge in [0.2, 0.25) is 0 Å². The minimum atomic E-state index is -0.0951.